The van der Waals surface area contributed by atoms with Crippen molar-refractivity contribution in [1.82, 2.24) is 14.7 Å². The lowest BCUT2D eigenvalue weighted by Gasteiger charge is -2.31. The molecule has 128 valence electrons. The van der Waals surface area contributed by atoms with Crippen LogP contribution < -0.4 is 0 Å². The minimum absolute atomic E-state index is 0.0358. The average molecular weight is 348 g/mol. The van der Waals surface area contributed by atoms with E-state index in [1.807, 2.05) is 42.2 Å². The highest BCUT2D eigenvalue weighted by Gasteiger charge is 2.28. The van der Waals surface area contributed by atoms with Gasteiger partial charge in [0.05, 0.1) is 23.9 Å². The first-order valence-electron chi connectivity index (χ1n) is 8.19. The van der Waals surface area contributed by atoms with E-state index < -0.39 is 0 Å². The van der Waals surface area contributed by atoms with E-state index in [0.29, 0.717) is 36.0 Å². The summed E-state index contributed by atoms with van der Waals surface area (Å²) < 4.78 is 7.06. The Morgan fingerprint density at radius 1 is 1.29 bits per heavy atom. The summed E-state index contributed by atoms with van der Waals surface area (Å²) in [5.74, 6) is -0.0358. The predicted molar refractivity (Wildman–Crippen MR) is 93.5 cm³/mol. The summed E-state index contributed by atoms with van der Waals surface area (Å²) >= 11 is 6.48. The molecule has 0 N–H and O–H groups in total. The first-order valence-corrected chi connectivity index (χ1v) is 8.57. The molecular weight excluding hydrogens is 326 g/mol. The van der Waals surface area contributed by atoms with Crippen LogP contribution in [0.5, 0.6) is 0 Å². The summed E-state index contributed by atoms with van der Waals surface area (Å²) in [6.45, 7) is 3.77. The Morgan fingerprint density at radius 2 is 1.96 bits per heavy atom. The Hall–Kier alpha value is -1.85. The van der Waals surface area contributed by atoms with Crippen LogP contribution in [0.15, 0.2) is 30.3 Å². The topological polar surface area (TPSA) is 47.4 Å². The second-order valence-corrected chi connectivity index (χ2v) is 6.48. The molecule has 6 heteroatoms. The Bertz CT molecular complexity index is 707. The molecule has 1 aliphatic rings. The maximum absolute atomic E-state index is 12.8. The van der Waals surface area contributed by atoms with Gasteiger partial charge in [-0.25, -0.2) is 4.68 Å². The second kappa shape index (κ2) is 7.36. The van der Waals surface area contributed by atoms with Crippen LogP contribution in [0.4, 0.5) is 0 Å². The number of piperidine rings is 1. The summed E-state index contributed by atoms with van der Waals surface area (Å²) in [5.41, 5.74) is 2.29. The van der Waals surface area contributed by atoms with Crippen molar-refractivity contribution in [1.29, 1.82) is 0 Å². The van der Waals surface area contributed by atoms with Crippen LogP contribution in [0.1, 0.15) is 34.5 Å². The number of ether oxygens (including phenoxy) is 1. The molecule has 24 heavy (non-hydrogen) atoms. The van der Waals surface area contributed by atoms with E-state index in [2.05, 4.69) is 5.10 Å². The van der Waals surface area contributed by atoms with E-state index in [1.165, 1.54) is 0 Å². The summed E-state index contributed by atoms with van der Waals surface area (Å²) in [6.07, 6.45) is 1.96. The Balaban J connectivity index is 1.77. The molecule has 0 spiro atoms. The number of hydrogen-bond acceptors (Lipinski definition) is 3. The molecule has 5 nitrogen and oxygen atoms in total. The van der Waals surface area contributed by atoms with Gasteiger partial charge in [-0.3, -0.25) is 4.79 Å². The minimum Gasteiger partial charge on any atom is -0.381 e. The van der Waals surface area contributed by atoms with Crippen molar-refractivity contribution >= 4 is 17.5 Å². The lowest BCUT2D eigenvalue weighted by Crippen LogP contribution is -2.40. The van der Waals surface area contributed by atoms with Crippen LogP contribution >= 0.6 is 11.6 Å². The van der Waals surface area contributed by atoms with E-state index >= 15 is 0 Å². The zero-order valence-corrected chi connectivity index (χ0v) is 14.8. The number of carbonyl (C=O) groups is 1. The number of likely N-dealkylation sites (tertiary alicyclic amines) is 1. The molecule has 0 aliphatic carbocycles. The van der Waals surface area contributed by atoms with E-state index in [4.69, 9.17) is 16.3 Å². The van der Waals surface area contributed by atoms with Crippen LogP contribution in [0.2, 0.25) is 5.15 Å². The van der Waals surface area contributed by atoms with Gasteiger partial charge < -0.3 is 9.64 Å². The van der Waals surface area contributed by atoms with Gasteiger partial charge in [-0.2, -0.15) is 5.10 Å². The van der Waals surface area contributed by atoms with E-state index in [0.717, 1.165) is 18.4 Å². The standard InChI is InChI=1S/C18H22ClN3O2/c1-13-16(18(23)21-10-8-15(24-2)9-11-21)17(19)22(20-13)12-14-6-4-3-5-7-14/h3-7,15H,8-12H2,1-2H3. The largest absolute Gasteiger partial charge is 0.381 e. The molecule has 1 saturated heterocycles. The molecule has 0 unspecified atom stereocenters. The van der Waals surface area contributed by atoms with Gasteiger partial charge in [0, 0.05) is 20.2 Å². The Kier molecular flexibility index (Phi) is 5.21. The van der Waals surface area contributed by atoms with Crippen molar-refractivity contribution in [3.63, 3.8) is 0 Å². The molecule has 1 aromatic heterocycles. The maximum Gasteiger partial charge on any atom is 0.258 e. The first kappa shape index (κ1) is 17.0. The number of rotatable bonds is 4. The zero-order chi connectivity index (χ0) is 17.1. The van der Waals surface area contributed by atoms with Gasteiger partial charge >= 0.3 is 0 Å². The number of halogens is 1. The van der Waals surface area contributed by atoms with Gasteiger partial charge in [-0.15, -0.1) is 0 Å². The molecule has 0 saturated carbocycles. The highest BCUT2D eigenvalue weighted by Crippen LogP contribution is 2.24. The van der Waals surface area contributed by atoms with Gasteiger partial charge in [0.25, 0.3) is 5.91 Å². The molecule has 1 amide bonds. The third-order valence-electron chi connectivity index (χ3n) is 4.52. The van der Waals surface area contributed by atoms with E-state index in [9.17, 15) is 4.79 Å². The maximum atomic E-state index is 12.8. The summed E-state index contributed by atoms with van der Waals surface area (Å²) in [7, 11) is 1.72. The lowest BCUT2D eigenvalue weighted by molar-refractivity contribution is 0.0350. The van der Waals surface area contributed by atoms with Gasteiger partial charge in [-0.05, 0) is 25.3 Å². The molecular formula is C18H22ClN3O2. The molecule has 1 aliphatic heterocycles. The van der Waals surface area contributed by atoms with E-state index in [-0.39, 0.29) is 12.0 Å². The third kappa shape index (κ3) is 3.47. The lowest BCUT2D eigenvalue weighted by atomic mass is 10.1. The number of aryl methyl sites for hydroxylation is 1. The van der Waals surface area contributed by atoms with E-state index in [1.54, 1.807) is 11.8 Å². The normalized spacial score (nSPS) is 15.7. The molecule has 0 bridgehead atoms. The number of benzene rings is 1. The molecule has 2 aromatic rings. The highest BCUT2D eigenvalue weighted by atomic mass is 35.5. The van der Waals surface area contributed by atoms with Crippen molar-refractivity contribution in [2.45, 2.75) is 32.4 Å². The number of carbonyl (C=O) groups excluding carboxylic acids is 1. The van der Waals surface area contributed by atoms with Crippen LogP contribution in [0.25, 0.3) is 0 Å². The van der Waals surface area contributed by atoms with Crippen LogP contribution in [0.3, 0.4) is 0 Å². The van der Waals surface area contributed by atoms with Crippen molar-refractivity contribution in [3.8, 4) is 0 Å². The van der Waals surface area contributed by atoms with Gasteiger partial charge in [0.15, 0.2) is 0 Å². The minimum atomic E-state index is -0.0358. The SMILES string of the molecule is COC1CCN(C(=O)c2c(C)nn(Cc3ccccc3)c2Cl)CC1. The molecule has 0 radical (unpaired) electrons. The van der Waals surface area contributed by atoms with Crippen LogP contribution in [0, 0.1) is 6.92 Å². The Morgan fingerprint density at radius 3 is 2.58 bits per heavy atom. The fourth-order valence-corrected chi connectivity index (χ4v) is 3.43. The number of nitrogens with zero attached hydrogens (tertiary/aromatic N) is 3. The molecule has 2 heterocycles. The number of amides is 1. The number of hydrogen-bond donors (Lipinski definition) is 0. The summed E-state index contributed by atoms with van der Waals surface area (Å²) in [5, 5.41) is 4.88. The van der Waals surface area contributed by atoms with Crippen molar-refractivity contribution in [3.05, 3.63) is 52.3 Å². The molecule has 3 rings (SSSR count). The van der Waals surface area contributed by atoms with Crippen LogP contribution in [-0.4, -0.2) is 46.9 Å². The first-order chi connectivity index (χ1) is 11.6. The highest BCUT2D eigenvalue weighted by molar-refractivity contribution is 6.33. The predicted octanol–water partition coefficient (Wildman–Crippen LogP) is 3.14. The number of methoxy groups -OCH3 is 1. The monoisotopic (exact) mass is 347 g/mol. The fourth-order valence-electron chi connectivity index (χ4n) is 3.11. The van der Waals surface area contributed by atoms with Crippen molar-refractivity contribution in [2.75, 3.05) is 20.2 Å². The van der Waals surface area contributed by atoms with Gasteiger partial charge in [-0.1, -0.05) is 41.9 Å². The number of aromatic nitrogens is 2. The quantitative estimate of drug-likeness (QED) is 0.853. The Labute approximate surface area is 147 Å². The zero-order valence-electron chi connectivity index (χ0n) is 14.0. The fraction of sp³-hybridized carbons (Fsp3) is 0.444. The average Bonchev–Trinajstić information content (AvgIpc) is 2.89. The summed E-state index contributed by atoms with van der Waals surface area (Å²) in [6, 6.07) is 9.96. The smallest absolute Gasteiger partial charge is 0.258 e. The molecule has 1 aromatic carbocycles. The molecule has 0 atom stereocenters. The second-order valence-electron chi connectivity index (χ2n) is 6.12. The van der Waals surface area contributed by atoms with Crippen molar-refractivity contribution < 1.29 is 9.53 Å². The molecule has 1 fully saturated rings. The summed E-state index contributed by atoms with van der Waals surface area (Å²) in [4.78, 5) is 14.7. The van der Waals surface area contributed by atoms with Gasteiger partial charge in [0.2, 0.25) is 0 Å². The van der Waals surface area contributed by atoms with Gasteiger partial charge in [0.1, 0.15) is 5.15 Å². The van der Waals surface area contributed by atoms with Crippen molar-refractivity contribution in [2.24, 2.45) is 0 Å². The third-order valence-corrected chi connectivity index (χ3v) is 4.90. The van der Waals surface area contributed by atoms with Crippen LogP contribution in [-0.2, 0) is 11.3 Å².